The molecule has 2 aromatic rings. The molecule has 0 aliphatic carbocycles. The summed E-state index contributed by atoms with van der Waals surface area (Å²) in [6.07, 6.45) is 0.297. The van der Waals surface area contributed by atoms with Crippen LogP contribution in [0.1, 0.15) is 11.1 Å². The summed E-state index contributed by atoms with van der Waals surface area (Å²) in [7, 11) is 0. The molecule has 28 heavy (non-hydrogen) atoms. The van der Waals surface area contributed by atoms with E-state index >= 15 is 0 Å². The lowest BCUT2D eigenvalue weighted by Crippen LogP contribution is -2.54. The Bertz CT molecular complexity index is 908. The minimum Gasteiger partial charge on any atom is -0.454 e. The number of carbonyl (C=O) groups excluding carboxylic acids is 2. The molecule has 8 heteroatoms. The van der Waals surface area contributed by atoms with E-state index in [0.29, 0.717) is 29.2 Å². The maximum atomic E-state index is 13.8. The molecule has 2 heterocycles. The Labute approximate surface area is 165 Å². The first-order valence-electron chi connectivity index (χ1n) is 8.92. The van der Waals surface area contributed by atoms with E-state index in [2.05, 4.69) is 10.6 Å². The van der Waals surface area contributed by atoms with Crippen LogP contribution in [0.4, 0.5) is 4.39 Å². The Morgan fingerprint density at radius 2 is 2.00 bits per heavy atom. The second-order valence-corrected chi connectivity index (χ2v) is 7.78. The largest absolute Gasteiger partial charge is 0.454 e. The highest BCUT2D eigenvalue weighted by Crippen LogP contribution is 2.35. The number of carbonyl (C=O) groups is 2. The van der Waals surface area contributed by atoms with Crippen LogP contribution in [-0.4, -0.2) is 35.7 Å². The van der Waals surface area contributed by atoms with Crippen LogP contribution in [0.3, 0.4) is 0 Å². The van der Waals surface area contributed by atoms with Gasteiger partial charge in [-0.2, -0.15) is 0 Å². The topological polar surface area (TPSA) is 76.7 Å². The van der Waals surface area contributed by atoms with E-state index in [0.717, 1.165) is 5.56 Å². The molecule has 0 unspecified atom stereocenters. The number of hydrogen-bond donors (Lipinski definition) is 2. The van der Waals surface area contributed by atoms with Crippen molar-refractivity contribution in [2.75, 3.05) is 12.5 Å². The highest BCUT2D eigenvalue weighted by molar-refractivity contribution is 8.00. The van der Waals surface area contributed by atoms with E-state index in [-0.39, 0.29) is 31.0 Å². The number of rotatable bonds is 5. The third-order valence-electron chi connectivity index (χ3n) is 4.68. The number of fused-ring (bicyclic) bond motifs is 1. The highest BCUT2D eigenvalue weighted by atomic mass is 32.2. The van der Waals surface area contributed by atoms with Gasteiger partial charge in [-0.15, -0.1) is 11.8 Å². The van der Waals surface area contributed by atoms with Crippen molar-refractivity contribution in [3.63, 3.8) is 0 Å². The first-order valence-corrected chi connectivity index (χ1v) is 9.97. The standard InChI is InChI=1S/C20H19FN2O4S/c21-14-6-2-1-4-12(14)8-17-20(25)23-15(10-28-17)19(24)22-9-13-5-3-7-16-18(13)27-11-26-16/h1-7,15,17H,8-11H2,(H,22,24)(H,23,25)/t15-,17+/m1/s1. The summed E-state index contributed by atoms with van der Waals surface area (Å²) in [5.74, 6) is 0.888. The van der Waals surface area contributed by atoms with E-state index < -0.39 is 11.3 Å². The van der Waals surface area contributed by atoms with Crippen LogP contribution < -0.4 is 20.1 Å². The quantitative estimate of drug-likeness (QED) is 0.800. The van der Waals surface area contributed by atoms with Gasteiger partial charge in [-0.05, 0) is 24.1 Å². The van der Waals surface area contributed by atoms with Gasteiger partial charge in [-0.25, -0.2) is 4.39 Å². The zero-order valence-corrected chi connectivity index (χ0v) is 15.8. The molecule has 6 nitrogen and oxygen atoms in total. The maximum Gasteiger partial charge on any atom is 0.243 e. The molecule has 0 spiro atoms. The number of halogens is 1. The molecule has 2 aliphatic rings. The minimum atomic E-state index is -0.622. The molecule has 0 bridgehead atoms. The van der Waals surface area contributed by atoms with Crippen molar-refractivity contribution in [3.8, 4) is 11.5 Å². The molecule has 146 valence electrons. The zero-order chi connectivity index (χ0) is 19.5. The summed E-state index contributed by atoms with van der Waals surface area (Å²) in [6, 6.07) is 11.3. The van der Waals surface area contributed by atoms with E-state index in [1.165, 1.54) is 17.8 Å². The zero-order valence-electron chi connectivity index (χ0n) is 14.9. The van der Waals surface area contributed by atoms with Crippen molar-refractivity contribution in [3.05, 3.63) is 59.4 Å². The molecule has 0 radical (unpaired) electrons. The van der Waals surface area contributed by atoms with E-state index in [1.807, 2.05) is 12.1 Å². The molecular formula is C20H19FN2O4S. The maximum absolute atomic E-state index is 13.8. The van der Waals surface area contributed by atoms with Gasteiger partial charge in [0.25, 0.3) is 0 Å². The first kappa shape index (κ1) is 18.6. The van der Waals surface area contributed by atoms with Gasteiger partial charge in [0, 0.05) is 17.9 Å². The number of thioether (sulfide) groups is 1. The van der Waals surface area contributed by atoms with Crippen molar-refractivity contribution in [1.29, 1.82) is 0 Å². The van der Waals surface area contributed by atoms with E-state index in [4.69, 9.17) is 9.47 Å². The summed E-state index contributed by atoms with van der Waals surface area (Å²) in [5.41, 5.74) is 1.31. The summed E-state index contributed by atoms with van der Waals surface area (Å²) in [5, 5.41) is 5.16. The Balaban J connectivity index is 1.32. The van der Waals surface area contributed by atoms with Crippen molar-refractivity contribution in [2.45, 2.75) is 24.3 Å². The molecule has 1 fully saturated rings. The Kier molecular flexibility index (Phi) is 5.38. The molecule has 0 saturated carbocycles. The summed E-state index contributed by atoms with van der Waals surface area (Å²) >= 11 is 1.37. The van der Waals surface area contributed by atoms with Gasteiger partial charge >= 0.3 is 0 Å². The van der Waals surface area contributed by atoms with Gasteiger partial charge in [0.15, 0.2) is 11.5 Å². The molecule has 2 amide bonds. The van der Waals surface area contributed by atoms with Crippen molar-refractivity contribution < 1.29 is 23.5 Å². The normalized spacial score (nSPS) is 20.5. The van der Waals surface area contributed by atoms with Crippen LogP contribution in [0.2, 0.25) is 0 Å². The molecule has 0 aromatic heterocycles. The Morgan fingerprint density at radius 3 is 2.82 bits per heavy atom. The predicted octanol–water partition coefficient (Wildman–Crippen LogP) is 2.01. The highest BCUT2D eigenvalue weighted by Gasteiger charge is 2.32. The molecule has 1 saturated heterocycles. The molecular weight excluding hydrogens is 383 g/mol. The van der Waals surface area contributed by atoms with Crippen LogP contribution in [0, 0.1) is 5.82 Å². The van der Waals surface area contributed by atoms with Gasteiger partial charge in [-0.3, -0.25) is 9.59 Å². The molecule has 2 atom stereocenters. The van der Waals surface area contributed by atoms with Crippen LogP contribution >= 0.6 is 11.8 Å². The van der Waals surface area contributed by atoms with Crippen LogP contribution in [0.5, 0.6) is 11.5 Å². The van der Waals surface area contributed by atoms with Crippen LogP contribution in [0.15, 0.2) is 42.5 Å². The number of para-hydroxylation sites is 1. The lowest BCUT2D eigenvalue weighted by atomic mass is 10.1. The SMILES string of the molecule is O=C1N[C@@H](C(=O)NCc2cccc3c2OCO3)CS[C@H]1Cc1ccccc1F. The Hall–Kier alpha value is -2.74. The van der Waals surface area contributed by atoms with Gasteiger partial charge in [-0.1, -0.05) is 30.3 Å². The number of benzene rings is 2. The third-order valence-corrected chi connectivity index (χ3v) is 5.99. The van der Waals surface area contributed by atoms with Gasteiger partial charge < -0.3 is 20.1 Å². The summed E-state index contributed by atoms with van der Waals surface area (Å²) < 4.78 is 24.6. The fourth-order valence-corrected chi connectivity index (χ4v) is 4.36. The fourth-order valence-electron chi connectivity index (χ4n) is 3.19. The number of ether oxygens (including phenoxy) is 2. The van der Waals surface area contributed by atoms with E-state index in [9.17, 15) is 14.0 Å². The smallest absolute Gasteiger partial charge is 0.243 e. The average molecular weight is 402 g/mol. The number of nitrogens with one attached hydrogen (secondary N) is 2. The molecule has 2 aliphatic heterocycles. The Morgan fingerprint density at radius 1 is 1.18 bits per heavy atom. The van der Waals surface area contributed by atoms with E-state index in [1.54, 1.807) is 24.3 Å². The monoisotopic (exact) mass is 402 g/mol. The second kappa shape index (κ2) is 8.10. The van der Waals surface area contributed by atoms with Crippen LogP contribution in [0.25, 0.3) is 0 Å². The summed E-state index contributed by atoms with van der Waals surface area (Å²) in [6.45, 7) is 0.445. The fraction of sp³-hybridized carbons (Fsp3) is 0.300. The van der Waals surface area contributed by atoms with Crippen LogP contribution in [-0.2, 0) is 22.6 Å². The summed E-state index contributed by atoms with van der Waals surface area (Å²) in [4.78, 5) is 24.8. The third kappa shape index (κ3) is 3.91. The average Bonchev–Trinajstić information content (AvgIpc) is 3.18. The second-order valence-electron chi connectivity index (χ2n) is 6.55. The molecule has 4 rings (SSSR count). The van der Waals surface area contributed by atoms with Crippen molar-refractivity contribution >= 4 is 23.6 Å². The van der Waals surface area contributed by atoms with Crippen molar-refractivity contribution in [1.82, 2.24) is 10.6 Å². The van der Waals surface area contributed by atoms with Crippen molar-refractivity contribution in [2.24, 2.45) is 0 Å². The first-order chi connectivity index (χ1) is 13.6. The van der Waals surface area contributed by atoms with Gasteiger partial charge in [0.2, 0.25) is 18.6 Å². The molecule has 2 aromatic carbocycles. The van der Waals surface area contributed by atoms with Gasteiger partial charge in [0.05, 0.1) is 5.25 Å². The number of hydrogen-bond acceptors (Lipinski definition) is 5. The minimum absolute atomic E-state index is 0.166. The molecule has 2 N–H and O–H groups in total. The lowest BCUT2D eigenvalue weighted by Gasteiger charge is -2.28. The lowest BCUT2D eigenvalue weighted by molar-refractivity contribution is -0.128. The predicted molar refractivity (Wildman–Crippen MR) is 103 cm³/mol. The van der Waals surface area contributed by atoms with Gasteiger partial charge in [0.1, 0.15) is 11.9 Å². The number of amides is 2.